The fraction of sp³-hybridized carbons (Fsp3) is 0.259. The van der Waals surface area contributed by atoms with Crippen LogP contribution < -0.4 is 10.6 Å². The molecule has 166 valence electrons. The van der Waals surface area contributed by atoms with Crippen LogP contribution in [0.4, 0.5) is 5.69 Å². The van der Waals surface area contributed by atoms with E-state index in [0.29, 0.717) is 12.8 Å². The Kier molecular flexibility index (Phi) is 8.12. The van der Waals surface area contributed by atoms with Crippen molar-refractivity contribution in [1.29, 1.82) is 0 Å². The number of amides is 2. The van der Waals surface area contributed by atoms with Crippen molar-refractivity contribution in [3.8, 4) is 0 Å². The van der Waals surface area contributed by atoms with Gasteiger partial charge in [-0.25, -0.2) is 0 Å². The van der Waals surface area contributed by atoms with Gasteiger partial charge >= 0.3 is 0 Å². The normalized spacial score (nSPS) is 11.1. The molecule has 0 bridgehead atoms. The van der Waals surface area contributed by atoms with Gasteiger partial charge in [0.1, 0.15) is 0 Å². The van der Waals surface area contributed by atoms with Gasteiger partial charge in [0.25, 0.3) is 0 Å². The molecular weight excluding hydrogens is 416 g/mol. The molecule has 0 unspecified atom stereocenters. The molecule has 0 aromatic heterocycles. The van der Waals surface area contributed by atoms with Crippen molar-refractivity contribution >= 4 is 29.3 Å². The molecule has 0 aliphatic rings. The predicted molar refractivity (Wildman–Crippen MR) is 133 cm³/mol. The van der Waals surface area contributed by atoms with Crippen LogP contribution in [-0.2, 0) is 28.0 Å². The Balaban J connectivity index is 1.55. The summed E-state index contributed by atoms with van der Waals surface area (Å²) in [6, 6.07) is 25.4. The van der Waals surface area contributed by atoms with Gasteiger partial charge in [-0.3, -0.25) is 9.59 Å². The number of hydrogen-bond acceptors (Lipinski definition) is 3. The largest absolute Gasteiger partial charge is 0.347 e. The number of carbonyl (C=O) groups excluding carboxylic acids is 2. The summed E-state index contributed by atoms with van der Waals surface area (Å²) in [6.07, 6.45) is 0.677. The van der Waals surface area contributed by atoms with E-state index in [1.807, 2.05) is 80.6 Å². The number of rotatable bonds is 9. The van der Waals surface area contributed by atoms with E-state index >= 15 is 0 Å². The van der Waals surface area contributed by atoms with Crippen molar-refractivity contribution < 1.29 is 9.59 Å². The Hall–Kier alpha value is -3.05. The molecule has 0 saturated heterocycles. The molecular formula is C27H30N2O2S. The first-order valence-electron chi connectivity index (χ1n) is 10.8. The summed E-state index contributed by atoms with van der Waals surface area (Å²) in [7, 11) is 0. The van der Waals surface area contributed by atoms with Gasteiger partial charge in [-0.2, -0.15) is 0 Å². The second-order valence-electron chi connectivity index (χ2n) is 8.21. The van der Waals surface area contributed by atoms with Gasteiger partial charge in [0.2, 0.25) is 11.8 Å². The molecule has 2 N–H and O–H groups in total. The maximum atomic E-state index is 12.5. The van der Waals surface area contributed by atoms with Gasteiger partial charge in [0.15, 0.2) is 0 Å². The predicted octanol–water partition coefficient (Wildman–Crippen LogP) is 5.57. The third-order valence-corrected chi connectivity index (χ3v) is 6.04. The zero-order chi connectivity index (χ0) is 23.0. The van der Waals surface area contributed by atoms with E-state index in [1.54, 1.807) is 11.8 Å². The van der Waals surface area contributed by atoms with Gasteiger partial charge in [-0.1, -0.05) is 61.5 Å². The lowest BCUT2D eigenvalue weighted by atomic mass is 9.93. The molecule has 3 rings (SSSR count). The smallest absolute Gasteiger partial charge is 0.228 e. The summed E-state index contributed by atoms with van der Waals surface area (Å²) in [4.78, 5) is 26.1. The Morgan fingerprint density at radius 3 is 2.00 bits per heavy atom. The highest BCUT2D eigenvalue weighted by molar-refractivity contribution is 7.99. The van der Waals surface area contributed by atoms with Crippen LogP contribution in [0.5, 0.6) is 0 Å². The molecule has 0 atom stereocenters. The van der Waals surface area contributed by atoms with Crippen LogP contribution in [0.15, 0.2) is 83.8 Å². The van der Waals surface area contributed by atoms with Crippen molar-refractivity contribution in [3.63, 3.8) is 0 Å². The maximum absolute atomic E-state index is 12.5. The minimum atomic E-state index is -0.521. The van der Waals surface area contributed by atoms with Gasteiger partial charge in [-0.15, -0.1) is 11.8 Å². The fourth-order valence-electron chi connectivity index (χ4n) is 3.48. The summed E-state index contributed by atoms with van der Waals surface area (Å²) in [5, 5.41) is 6.05. The molecule has 0 heterocycles. The van der Waals surface area contributed by atoms with Crippen LogP contribution >= 0.6 is 11.8 Å². The second-order valence-corrected chi connectivity index (χ2v) is 9.55. The molecule has 3 aromatic carbocycles. The molecule has 0 saturated carbocycles. The molecule has 0 aliphatic carbocycles. The number of nitrogens with one attached hydrogen (secondary N) is 2. The van der Waals surface area contributed by atoms with Gasteiger partial charge in [0.05, 0.1) is 18.4 Å². The molecule has 0 radical (unpaired) electrons. The van der Waals surface area contributed by atoms with E-state index in [4.69, 9.17) is 0 Å². The van der Waals surface area contributed by atoms with E-state index in [1.165, 1.54) is 4.90 Å². The first kappa shape index (κ1) is 23.6. The van der Waals surface area contributed by atoms with Crippen LogP contribution in [0.3, 0.4) is 0 Å². The number of benzene rings is 3. The molecule has 3 aromatic rings. The Morgan fingerprint density at radius 2 is 1.38 bits per heavy atom. The quantitative estimate of drug-likeness (QED) is 0.422. The van der Waals surface area contributed by atoms with Crippen molar-refractivity contribution in [1.82, 2.24) is 5.32 Å². The minimum absolute atomic E-state index is 0.0260. The second kappa shape index (κ2) is 11.0. The molecule has 32 heavy (non-hydrogen) atoms. The van der Waals surface area contributed by atoms with Crippen molar-refractivity contribution in [2.24, 2.45) is 0 Å². The summed E-state index contributed by atoms with van der Waals surface area (Å²) < 4.78 is 0. The standard InChI is InChI=1S/C27H30N2O2S/c1-4-32-24-16-10-21(11-17-24)18-25(30)28-23-14-12-22(13-15-23)27(2,3)29-26(31)19-20-8-6-5-7-9-20/h5-17H,4,18-19H2,1-3H3,(H,28,30)(H,29,31). The fourth-order valence-corrected chi connectivity index (χ4v) is 4.14. The highest BCUT2D eigenvalue weighted by Crippen LogP contribution is 2.23. The summed E-state index contributed by atoms with van der Waals surface area (Å²) in [6.45, 7) is 6.07. The zero-order valence-corrected chi connectivity index (χ0v) is 19.7. The number of carbonyl (C=O) groups is 2. The average Bonchev–Trinajstić information content (AvgIpc) is 2.76. The van der Waals surface area contributed by atoms with Gasteiger partial charge in [0, 0.05) is 10.6 Å². The lowest BCUT2D eigenvalue weighted by Crippen LogP contribution is -2.41. The Morgan fingerprint density at radius 1 is 0.781 bits per heavy atom. The third kappa shape index (κ3) is 6.99. The van der Waals surface area contributed by atoms with Crippen LogP contribution in [0.1, 0.15) is 37.5 Å². The summed E-state index contributed by atoms with van der Waals surface area (Å²) >= 11 is 1.79. The molecule has 5 heteroatoms. The highest BCUT2D eigenvalue weighted by Gasteiger charge is 2.22. The molecule has 0 aliphatic heterocycles. The first-order chi connectivity index (χ1) is 15.4. The summed E-state index contributed by atoms with van der Waals surface area (Å²) in [5.74, 6) is 0.953. The van der Waals surface area contributed by atoms with E-state index in [0.717, 1.165) is 28.1 Å². The average molecular weight is 447 g/mol. The van der Waals surface area contributed by atoms with Crippen LogP contribution in [0.2, 0.25) is 0 Å². The van der Waals surface area contributed by atoms with E-state index < -0.39 is 5.54 Å². The lowest BCUT2D eigenvalue weighted by Gasteiger charge is -2.27. The lowest BCUT2D eigenvalue weighted by molar-refractivity contribution is -0.122. The third-order valence-electron chi connectivity index (χ3n) is 5.15. The maximum Gasteiger partial charge on any atom is 0.228 e. The van der Waals surface area contributed by atoms with E-state index in [-0.39, 0.29) is 11.8 Å². The van der Waals surface area contributed by atoms with Crippen LogP contribution in [0.25, 0.3) is 0 Å². The Labute approximate surface area is 194 Å². The molecule has 4 nitrogen and oxygen atoms in total. The van der Waals surface area contributed by atoms with Gasteiger partial charge < -0.3 is 10.6 Å². The first-order valence-corrected chi connectivity index (χ1v) is 11.8. The Bertz CT molecular complexity index is 1030. The number of hydrogen-bond donors (Lipinski definition) is 2. The number of anilines is 1. The van der Waals surface area contributed by atoms with Crippen molar-refractivity contribution in [2.75, 3.05) is 11.1 Å². The zero-order valence-electron chi connectivity index (χ0n) is 18.9. The van der Waals surface area contributed by atoms with Crippen LogP contribution in [0, 0.1) is 0 Å². The van der Waals surface area contributed by atoms with Crippen LogP contribution in [-0.4, -0.2) is 17.6 Å². The van der Waals surface area contributed by atoms with Gasteiger partial charge in [-0.05, 0) is 60.6 Å². The highest BCUT2D eigenvalue weighted by atomic mass is 32.2. The van der Waals surface area contributed by atoms with E-state index in [9.17, 15) is 9.59 Å². The molecule has 0 spiro atoms. The topological polar surface area (TPSA) is 58.2 Å². The minimum Gasteiger partial charge on any atom is -0.347 e. The molecule has 2 amide bonds. The number of thioether (sulfide) groups is 1. The summed E-state index contributed by atoms with van der Waals surface area (Å²) in [5.41, 5.74) is 3.16. The molecule has 0 fully saturated rings. The van der Waals surface area contributed by atoms with Crippen molar-refractivity contribution in [2.45, 2.75) is 44.0 Å². The van der Waals surface area contributed by atoms with Crippen molar-refractivity contribution in [3.05, 3.63) is 95.6 Å². The van der Waals surface area contributed by atoms with E-state index in [2.05, 4.69) is 29.7 Å². The SMILES string of the molecule is CCSc1ccc(CC(=O)Nc2ccc(C(C)(C)NC(=O)Cc3ccccc3)cc2)cc1. The monoisotopic (exact) mass is 446 g/mol.